The van der Waals surface area contributed by atoms with Crippen molar-refractivity contribution in [1.82, 2.24) is 4.90 Å². The van der Waals surface area contributed by atoms with Crippen LogP contribution in [0.25, 0.3) is 0 Å². The second-order valence-corrected chi connectivity index (χ2v) is 7.72. The molecule has 3 N–H and O–H groups in total. The van der Waals surface area contributed by atoms with Gasteiger partial charge in [0.2, 0.25) is 0 Å². The smallest absolute Gasteiger partial charge is 0.0788 e. The number of rotatable bonds is 4. The van der Waals surface area contributed by atoms with Crippen molar-refractivity contribution in [1.29, 1.82) is 0 Å². The maximum absolute atomic E-state index is 9.12. The molecule has 0 aromatic carbocycles. The highest BCUT2D eigenvalue weighted by molar-refractivity contribution is 5.04. The van der Waals surface area contributed by atoms with Crippen molar-refractivity contribution in [3.8, 4) is 0 Å². The number of nitrogens with zero attached hydrogens (tertiary/aromatic N) is 1. The van der Waals surface area contributed by atoms with Crippen molar-refractivity contribution in [2.24, 2.45) is 17.6 Å². The number of aliphatic hydroxyl groups is 1. The molecule has 0 saturated carbocycles. The van der Waals surface area contributed by atoms with E-state index in [0.717, 1.165) is 26.1 Å². The van der Waals surface area contributed by atoms with Crippen LogP contribution in [0.1, 0.15) is 47.0 Å². The van der Waals surface area contributed by atoms with Gasteiger partial charge in [-0.2, -0.15) is 0 Å². The Labute approximate surface area is 123 Å². The lowest BCUT2D eigenvalue weighted by Crippen LogP contribution is -2.49. The molecule has 118 valence electrons. The van der Waals surface area contributed by atoms with Crippen molar-refractivity contribution in [3.63, 3.8) is 0 Å². The van der Waals surface area contributed by atoms with Crippen LogP contribution >= 0.6 is 0 Å². The Morgan fingerprint density at radius 2 is 1.95 bits per heavy atom. The largest absolute Gasteiger partial charge is 0.396 e. The molecule has 4 nitrogen and oxygen atoms in total. The minimum Gasteiger partial charge on any atom is -0.396 e. The molecule has 0 bridgehead atoms. The topological polar surface area (TPSA) is 58.7 Å². The van der Waals surface area contributed by atoms with Crippen LogP contribution < -0.4 is 5.73 Å². The van der Waals surface area contributed by atoms with Crippen LogP contribution in [0.3, 0.4) is 0 Å². The van der Waals surface area contributed by atoms with Gasteiger partial charge in [-0.05, 0) is 59.4 Å². The number of likely N-dealkylation sites (tertiary alicyclic amines) is 1. The number of nitrogens with two attached hydrogens (primary N) is 1. The quantitative estimate of drug-likeness (QED) is 0.823. The van der Waals surface area contributed by atoms with Gasteiger partial charge in [-0.15, -0.1) is 0 Å². The summed E-state index contributed by atoms with van der Waals surface area (Å²) in [7, 11) is 0. The lowest BCUT2D eigenvalue weighted by Gasteiger charge is -2.37. The zero-order valence-corrected chi connectivity index (χ0v) is 13.6. The summed E-state index contributed by atoms with van der Waals surface area (Å²) in [6.07, 6.45) is 3.41. The Bertz CT molecular complexity index is 328. The molecule has 0 amide bonds. The standard InChI is InChI=1S/C16H32N2O2/c1-15(2)13(14(17)16(3,4)20-15)11-18-8-5-6-12(10-18)7-9-19/h12-14,19H,5-11,17H2,1-4H3. The first-order valence-electron chi connectivity index (χ1n) is 8.05. The van der Waals surface area contributed by atoms with Crippen molar-refractivity contribution in [2.45, 2.75) is 64.2 Å². The van der Waals surface area contributed by atoms with Crippen LogP contribution in [0, 0.1) is 11.8 Å². The average molecular weight is 284 g/mol. The van der Waals surface area contributed by atoms with Gasteiger partial charge in [0.15, 0.2) is 0 Å². The zero-order chi connectivity index (χ0) is 15.0. The van der Waals surface area contributed by atoms with Crippen LogP contribution in [0.15, 0.2) is 0 Å². The maximum Gasteiger partial charge on any atom is 0.0788 e. The van der Waals surface area contributed by atoms with Crippen LogP contribution in [0.5, 0.6) is 0 Å². The molecule has 2 aliphatic heterocycles. The van der Waals surface area contributed by atoms with Gasteiger partial charge in [0.1, 0.15) is 0 Å². The molecule has 2 fully saturated rings. The third kappa shape index (κ3) is 3.35. The summed E-state index contributed by atoms with van der Waals surface area (Å²) in [5, 5.41) is 9.12. The fourth-order valence-corrected chi connectivity index (χ4v) is 4.09. The van der Waals surface area contributed by atoms with Gasteiger partial charge < -0.3 is 20.5 Å². The fourth-order valence-electron chi connectivity index (χ4n) is 4.09. The van der Waals surface area contributed by atoms with Gasteiger partial charge in [0.05, 0.1) is 11.2 Å². The second-order valence-electron chi connectivity index (χ2n) is 7.72. The molecular weight excluding hydrogens is 252 g/mol. The van der Waals surface area contributed by atoms with Gasteiger partial charge in [-0.1, -0.05) is 0 Å². The van der Waals surface area contributed by atoms with Crippen molar-refractivity contribution in [3.05, 3.63) is 0 Å². The number of ether oxygens (including phenoxy) is 1. The van der Waals surface area contributed by atoms with Crippen LogP contribution in [0.2, 0.25) is 0 Å². The predicted octanol–water partition coefficient (Wildman–Crippen LogP) is 1.61. The summed E-state index contributed by atoms with van der Waals surface area (Å²) in [5.41, 5.74) is 6.05. The minimum absolute atomic E-state index is 0.0794. The van der Waals surface area contributed by atoms with Gasteiger partial charge in [-0.25, -0.2) is 0 Å². The molecule has 2 rings (SSSR count). The van der Waals surface area contributed by atoms with Gasteiger partial charge in [0.25, 0.3) is 0 Å². The first kappa shape index (κ1) is 16.2. The Balaban J connectivity index is 1.98. The van der Waals surface area contributed by atoms with E-state index in [1.807, 2.05) is 0 Å². The van der Waals surface area contributed by atoms with E-state index < -0.39 is 0 Å². The first-order chi connectivity index (χ1) is 9.26. The van der Waals surface area contributed by atoms with Crippen LogP contribution in [-0.4, -0.2) is 53.5 Å². The number of aliphatic hydroxyl groups excluding tert-OH is 1. The first-order valence-corrected chi connectivity index (χ1v) is 8.05. The van der Waals surface area contributed by atoms with E-state index in [9.17, 15) is 0 Å². The molecule has 0 radical (unpaired) electrons. The summed E-state index contributed by atoms with van der Waals surface area (Å²) in [5.74, 6) is 1.01. The zero-order valence-electron chi connectivity index (χ0n) is 13.6. The van der Waals surface area contributed by atoms with Crippen molar-refractivity contribution >= 4 is 0 Å². The SMILES string of the molecule is CC1(C)OC(C)(C)C(CN2CCCC(CCO)C2)C1N. The Kier molecular flexibility index (Phi) is 4.80. The van der Waals surface area contributed by atoms with E-state index in [-0.39, 0.29) is 17.2 Å². The molecular formula is C16H32N2O2. The third-order valence-electron chi connectivity index (χ3n) is 5.25. The molecule has 0 aliphatic carbocycles. The van der Waals surface area contributed by atoms with E-state index in [2.05, 4.69) is 32.6 Å². The Morgan fingerprint density at radius 3 is 2.50 bits per heavy atom. The van der Waals surface area contributed by atoms with E-state index in [1.165, 1.54) is 12.8 Å². The predicted molar refractivity (Wildman–Crippen MR) is 81.6 cm³/mol. The van der Waals surface area contributed by atoms with Crippen LogP contribution in [0.4, 0.5) is 0 Å². The fraction of sp³-hybridized carbons (Fsp3) is 1.00. The second kappa shape index (κ2) is 5.91. The highest BCUT2D eigenvalue weighted by atomic mass is 16.5. The number of hydrogen-bond donors (Lipinski definition) is 2. The monoisotopic (exact) mass is 284 g/mol. The number of hydrogen-bond acceptors (Lipinski definition) is 4. The summed E-state index contributed by atoms with van der Waals surface area (Å²) >= 11 is 0. The minimum atomic E-state index is -0.242. The molecule has 0 spiro atoms. The van der Waals surface area contributed by atoms with E-state index in [4.69, 9.17) is 15.6 Å². The molecule has 3 atom stereocenters. The summed E-state index contributed by atoms with van der Waals surface area (Å²) in [6.45, 7) is 12.1. The summed E-state index contributed by atoms with van der Waals surface area (Å²) in [6, 6.07) is 0.0794. The van der Waals surface area contributed by atoms with Gasteiger partial charge in [0, 0.05) is 31.7 Å². The normalized spacial score (nSPS) is 37.2. The molecule has 20 heavy (non-hydrogen) atoms. The van der Waals surface area contributed by atoms with E-state index in [1.54, 1.807) is 0 Å². The number of piperidine rings is 1. The van der Waals surface area contributed by atoms with E-state index in [0.29, 0.717) is 18.4 Å². The maximum atomic E-state index is 9.12. The molecule has 0 aromatic rings. The van der Waals surface area contributed by atoms with Crippen molar-refractivity contribution < 1.29 is 9.84 Å². The summed E-state index contributed by atoms with van der Waals surface area (Å²) < 4.78 is 6.19. The molecule has 2 saturated heterocycles. The molecule has 3 unspecified atom stereocenters. The highest BCUT2D eigenvalue weighted by Crippen LogP contribution is 2.41. The Morgan fingerprint density at radius 1 is 1.25 bits per heavy atom. The molecule has 0 aromatic heterocycles. The average Bonchev–Trinajstić information content (AvgIpc) is 2.49. The van der Waals surface area contributed by atoms with Crippen molar-refractivity contribution in [2.75, 3.05) is 26.2 Å². The lowest BCUT2D eigenvalue weighted by atomic mass is 9.82. The van der Waals surface area contributed by atoms with Gasteiger partial charge >= 0.3 is 0 Å². The van der Waals surface area contributed by atoms with E-state index >= 15 is 0 Å². The lowest BCUT2D eigenvalue weighted by molar-refractivity contribution is -0.0791. The highest BCUT2D eigenvalue weighted by Gasteiger charge is 2.52. The van der Waals surface area contributed by atoms with Crippen LogP contribution in [-0.2, 0) is 4.74 Å². The summed E-state index contributed by atoms with van der Waals surface area (Å²) in [4.78, 5) is 2.53. The molecule has 2 heterocycles. The third-order valence-corrected chi connectivity index (χ3v) is 5.25. The molecule has 2 aliphatic rings. The Hall–Kier alpha value is -0.160. The molecule has 4 heteroatoms. The van der Waals surface area contributed by atoms with Gasteiger partial charge in [-0.3, -0.25) is 0 Å².